The Labute approximate surface area is 136 Å². The fourth-order valence-corrected chi connectivity index (χ4v) is 3.53. The highest BCUT2D eigenvalue weighted by Gasteiger charge is 2.24. The number of nitrogens with one attached hydrogen (secondary N) is 2. The SMILES string of the molecule is CC(=O)NCCC(=O)Nc1ccc2c(c1)N(S(C)(=O)=O)CCC2. The number of fused-ring (bicyclic) bond motifs is 1. The first-order valence-corrected chi connectivity index (χ1v) is 9.27. The minimum Gasteiger partial charge on any atom is -0.356 e. The highest BCUT2D eigenvalue weighted by Crippen LogP contribution is 2.31. The van der Waals surface area contributed by atoms with Crippen LogP contribution in [0.2, 0.25) is 0 Å². The number of anilines is 2. The zero-order valence-corrected chi connectivity index (χ0v) is 14.1. The van der Waals surface area contributed by atoms with Crippen LogP contribution in [0.25, 0.3) is 0 Å². The Bertz CT molecular complexity index is 715. The molecular weight excluding hydrogens is 318 g/mol. The highest BCUT2D eigenvalue weighted by molar-refractivity contribution is 7.92. The van der Waals surface area contributed by atoms with Gasteiger partial charge in [-0.15, -0.1) is 0 Å². The second-order valence-electron chi connectivity index (χ2n) is 5.56. The van der Waals surface area contributed by atoms with Crippen LogP contribution in [0.3, 0.4) is 0 Å². The van der Waals surface area contributed by atoms with Crippen molar-refractivity contribution in [3.05, 3.63) is 23.8 Å². The van der Waals surface area contributed by atoms with Crippen molar-refractivity contribution in [3.8, 4) is 0 Å². The van der Waals surface area contributed by atoms with Crippen LogP contribution in [0.4, 0.5) is 11.4 Å². The number of hydrogen-bond donors (Lipinski definition) is 2. The molecule has 8 heteroatoms. The van der Waals surface area contributed by atoms with Gasteiger partial charge in [0.05, 0.1) is 11.9 Å². The van der Waals surface area contributed by atoms with E-state index in [1.165, 1.54) is 17.5 Å². The van der Waals surface area contributed by atoms with Crippen LogP contribution in [0.1, 0.15) is 25.3 Å². The van der Waals surface area contributed by atoms with Crippen LogP contribution in [0, 0.1) is 0 Å². The van der Waals surface area contributed by atoms with E-state index in [-0.39, 0.29) is 24.8 Å². The zero-order chi connectivity index (χ0) is 17.0. The largest absolute Gasteiger partial charge is 0.356 e. The molecule has 1 aromatic carbocycles. The first-order valence-electron chi connectivity index (χ1n) is 7.42. The van der Waals surface area contributed by atoms with Gasteiger partial charge >= 0.3 is 0 Å². The number of benzene rings is 1. The van der Waals surface area contributed by atoms with E-state index in [0.29, 0.717) is 17.9 Å². The molecule has 2 amide bonds. The van der Waals surface area contributed by atoms with Gasteiger partial charge in [-0.25, -0.2) is 8.42 Å². The number of rotatable bonds is 5. The number of amides is 2. The molecule has 0 saturated heterocycles. The van der Waals surface area contributed by atoms with E-state index in [0.717, 1.165) is 18.4 Å². The van der Waals surface area contributed by atoms with E-state index in [1.807, 2.05) is 6.07 Å². The van der Waals surface area contributed by atoms with Gasteiger partial charge in [-0.1, -0.05) is 6.07 Å². The molecule has 0 atom stereocenters. The molecule has 1 aliphatic heterocycles. The summed E-state index contributed by atoms with van der Waals surface area (Å²) in [5.41, 5.74) is 2.13. The third-order valence-corrected chi connectivity index (χ3v) is 4.75. The van der Waals surface area contributed by atoms with Crippen LogP contribution in [0.15, 0.2) is 18.2 Å². The second kappa shape index (κ2) is 6.99. The van der Waals surface area contributed by atoms with Crippen LogP contribution < -0.4 is 14.9 Å². The van der Waals surface area contributed by atoms with Crippen molar-refractivity contribution in [2.75, 3.05) is 29.0 Å². The minimum absolute atomic E-state index is 0.159. The summed E-state index contributed by atoms with van der Waals surface area (Å²) in [7, 11) is -3.34. The lowest BCUT2D eigenvalue weighted by Gasteiger charge is -2.29. The molecule has 1 aliphatic rings. The van der Waals surface area contributed by atoms with Crippen molar-refractivity contribution in [2.45, 2.75) is 26.2 Å². The lowest BCUT2D eigenvalue weighted by Crippen LogP contribution is -2.34. The molecule has 1 aromatic rings. The van der Waals surface area contributed by atoms with Gasteiger partial charge in [-0.3, -0.25) is 13.9 Å². The molecule has 0 saturated carbocycles. The van der Waals surface area contributed by atoms with Gasteiger partial charge in [0, 0.05) is 32.1 Å². The van der Waals surface area contributed by atoms with Crippen molar-refractivity contribution in [2.24, 2.45) is 0 Å². The Morgan fingerprint density at radius 3 is 2.70 bits per heavy atom. The lowest BCUT2D eigenvalue weighted by molar-refractivity contribution is -0.119. The number of hydrogen-bond acceptors (Lipinski definition) is 4. The average molecular weight is 339 g/mol. The molecule has 2 rings (SSSR count). The summed E-state index contributed by atoms with van der Waals surface area (Å²) in [5, 5.41) is 5.28. The summed E-state index contributed by atoms with van der Waals surface area (Å²) >= 11 is 0. The summed E-state index contributed by atoms with van der Waals surface area (Å²) in [6.07, 6.45) is 2.94. The van der Waals surface area contributed by atoms with Gasteiger partial charge < -0.3 is 10.6 Å². The predicted octanol–water partition coefficient (Wildman–Crippen LogP) is 0.863. The number of aryl methyl sites for hydroxylation is 1. The van der Waals surface area contributed by atoms with E-state index >= 15 is 0 Å². The Kier molecular flexibility index (Phi) is 5.25. The summed E-state index contributed by atoms with van der Waals surface area (Å²) < 4.78 is 25.1. The molecule has 2 N–H and O–H groups in total. The van der Waals surface area contributed by atoms with Crippen molar-refractivity contribution < 1.29 is 18.0 Å². The lowest BCUT2D eigenvalue weighted by atomic mass is 10.0. The number of carbonyl (C=O) groups is 2. The third kappa shape index (κ3) is 4.69. The normalized spacial score (nSPS) is 14.1. The van der Waals surface area contributed by atoms with E-state index < -0.39 is 10.0 Å². The van der Waals surface area contributed by atoms with E-state index in [4.69, 9.17) is 0 Å². The molecule has 0 aliphatic carbocycles. The summed E-state index contributed by atoms with van der Waals surface area (Å²) in [6, 6.07) is 5.29. The number of carbonyl (C=O) groups excluding carboxylic acids is 2. The van der Waals surface area contributed by atoms with Crippen LogP contribution in [-0.4, -0.2) is 39.6 Å². The first kappa shape index (κ1) is 17.3. The van der Waals surface area contributed by atoms with Crippen molar-refractivity contribution in [1.82, 2.24) is 5.32 Å². The van der Waals surface area contributed by atoms with Gasteiger partial charge in [0.25, 0.3) is 0 Å². The van der Waals surface area contributed by atoms with Crippen molar-refractivity contribution >= 4 is 33.2 Å². The maximum atomic E-state index is 11.9. The summed E-state index contributed by atoms with van der Waals surface area (Å²) in [4.78, 5) is 22.6. The molecule has 0 unspecified atom stereocenters. The minimum atomic E-state index is -3.34. The van der Waals surface area contributed by atoms with Gasteiger partial charge in [-0.05, 0) is 30.5 Å². The van der Waals surface area contributed by atoms with Gasteiger partial charge in [0.15, 0.2) is 0 Å². The molecule has 0 spiro atoms. The first-order chi connectivity index (χ1) is 10.8. The number of sulfonamides is 1. The molecule has 0 bridgehead atoms. The van der Waals surface area contributed by atoms with E-state index in [9.17, 15) is 18.0 Å². The Morgan fingerprint density at radius 1 is 1.30 bits per heavy atom. The van der Waals surface area contributed by atoms with Gasteiger partial charge in [0.2, 0.25) is 21.8 Å². The Hall–Kier alpha value is -2.09. The average Bonchev–Trinajstić information content (AvgIpc) is 2.45. The summed E-state index contributed by atoms with van der Waals surface area (Å²) in [6.45, 7) is 2.11. The molecule has 0 aromatic heterocycles. The van der Waals surface area contributed by atoms with Crippen molar-refractivity contribution in [3.63, 3.8) is 0 Å². The molecule has 1 heterocycles. The van der Waals surface area contributed by atoms with Crippen LogP contribution in [-0.2, 0) is 26.0 Å². The van der Waals surface area contributed by atoms with Crippen molar-refractivity contribution in [1.29, 1.82) is 0 Å². The molecule has 23 heavy (non-hydrogen) atoms. The Balaban J connectivity index is 2.10. The van der Waals surface area contributed by atoms with Crippen LogP contribution >= 0.6 is 0 Å². The molecule has 0 fully saturated rings. The standard InChI is InChI=1S/C15H21N3O4S/c1-11(19)16-8-7-15(20)17-13-6-5-12-4-3-9-18(14(12)10-13)23(2,21)22/h5-6,10H,3-4,7-9H2,1-2H3,(H,16,19)(H,17,20). The van der Waals surface area contributed by atoms with Crippen LogP contribution in [0.5, 0.6) is 0 Å². The molecule has 7 nitrogen and oxygen atoms in total. The third-order valence-electron chi connectivity index (χ3n) is 3.57. The molecule has 0 radical (unpaired) electrons. The van der Waals surface area contributed by atoms with E-state index in [1.54, 1.807) is 12.1 Å². The zero-order valence-electron chi connectivity index (χ0n) is 13.3. The highest BCUT2D eigenvalue weighted by atomic mass is 32.2. The fraction of sp³-hybridized carbons (Fsp3) is 0.467. The van der Waals surface area contributed by atoms with Gasteiger partial charge in [0.1, 0.15) is 0 Å². The maximum absolute atomic E-state index is 11.9. The van der Waals surface area contributed by atoms with E-state index in [2.05, 4.69) is 10.6 Å². The Morgan fingerprint density at radius 2 is 2.04 bits per heavy atom. The maximum Gasteiger partial charge on any atom is 0.232 e. The summed E-state index contributed by atoms with van der Waals surface area (Å²) in [5.74, 6) is -0.421. The fourth-order valence-electron chi connectivity index (χ4n) is 2.54. The monoisotopic (exact) mass is 339 g/mol. The second-order valence-corrected chi connectivity index (χ2v) is 7.47. The molecular formula is C15H21N3O4S. The smallest absolute Gasteiger partial charge is 0.232 e. The quantitative estimate of drug-likeness (QED) is 0.832. The number of nitrogens with zero attached hydrogens (tertiary/aromatic N) is 1. The predicted molar refractivity (Wildman–Crippen MR) is 88.9 cm³/mol. The van der Waals surface area contributed by atoms with Gasteiger partial charge in [-0.2, -0.15) is 0 Å². The topological polar surface area (TPSA) is 95.6 Å². The molecule has 126 valence electrons.